The number of hydrogen-bond donors (Lipinski definition) is 1. The van der Waals surface area contributed by atoms with Crippen LogP contribution in [0.15, 0.2) is 48.8 Å². The zero-order valence-electron chi connectivity index (χ0n) is 11.8. The van der Waals surface area contributed by atoms with E-state index < -0.39 is 0 Å². The fourth-order valence-corrected chi connectivity index (χ4v) is 2.72. The van der Waals surface area contributed by atoms with Crippen molar-refractivity contribution in [1.29, 1.82) is 0 Å². The third-order valence-electron chi connectivity index (χ3n) is 3.83. The number of aromatic nitrogens is 1. The van der Waals surface area contributed by atoms with Gasteiger partial charge < -0.3 is 10.1 Å². The van der Waals surface area contributed by atoms with Crippen LogP contribution in [0.25, 0.3) is 0 Å². The Bertz CT molecular complexity index is 556. The highest BCUT2D eigenvalue weighted by molar-refractivity contribution is 5.37. The van der Waals surface area contributed by atoms with E-state index in [0.717, 1.165) is 25.3 Å². The average molecular weight is 268 g/mol. The van der Waals surface area contributed by atoms with E-state index in [4.69, 9.17) is 4.74 Å². The minimum atomic E-state index is 0.372. The number of ether oxygens (including phenoxy) is 1. The molecule has 1 N–H and O–H groups in total. The number of para-hydroxylation sites is 1. The minimum Gasteiger partial charge on any atom is -0.493 e. The molecule has 2 atom stereocenters. The van der Waals surface area contributed by atoms with Gasteiger partial charge in [-0.05, 0) is 30.7 Å². The predicted octanol–water partition coefficient (Wildman–Crippen LogP) is 2.98. The molecule has 2 heterocycles. The highest BCUT2D eigenvalue weighted by atomic mass is 16.5. The van der Waals surface area contributed by atoms with Crippen LogP contribution in [0.1, 0.15) is 24.1 Å². The van der Waals surface area contributed by atoms with Gasteiger partial charge in [-0.2, -0.15) is 0 Å². The maximum Gasteiger partial charge on any atom is 0.124 e. The number of fused-ring (bicyclic) bond motifs is 1. The maximum atomic E-state index is 5.78. The summed E-state index contributed by atoms with van der Waals surface area (Å²) in [5, 5.41) is 3.67. The summed E-state index contributed by atoms with van der Waals surface area (Å²) in [7, 11) is 0. The van der Waals surface area contributed by atoms with E-state index in [2.05, 4.69) is 41.5 Å². The molecule has 1 aromatic carbocycles. The molecule has 2 unspecified atom stereocenters. The number of hydrogen-bond acceptors (Lipinski definition) is 3. The van der Waals surface area contributed by atoms with Crippen molar-refractivity contribution < 1.29 is 4.74 Å². The van der Waals surface area contributed by atoms with Crippen molar-refractivity contribution in [1.82, 2.24) is 10.3 Å². The Morgan fingerprint density at radius 3 is 3.00 bits per heavy atom. The van der Waals surface area contributed by atoms with Gasteiger partial charge in [0.15, 0.2) is 0 Å². The van der Waals surface area contributed by atoms with Gasteiger partial charge in [0.1, 0.15) is 5.75 Å². The van der Waals surface area contributed by atoms with Crippen LogP contribution in [0.3, 0.4) is 0 Å². The van der Waals surface area contributed by atoms with E-state index in [1.165, 1.54) is 11.1 Å². The minimum absolute atomic E-state index is 0.372. The third kappa shape index (κ3) is 2.83. The van der Waals surface area contributed by atoms with Crippen LogP contribution >= 0.6 is 0 Å². The summed E-state index contributed by atoms with van der Waals surface area (Å²) in [5.74, 6) is 1.50. The molecule has 3 nitrogen and oxygen atoms in total. The molecule has 0 fully saturated rings. The van der Waals surface area contributed by atoms with Crippen molar-refractivity contribution in [2.24, 2.45) is 5.92 Å². The summed E-state index contributed by atoms with van der Waals surface area (Å²) < 4.78 is 5.78. The Balaban J connectivity index is 1.65. The van der Waals surface area contributed by atoms with E-state index in [0.29, 0.717) is 12.0 Å². The topological polar surface area (TPSA) is 34.1 Å². The van der Waals surface area contributed by atoms with Crippen LogP contribution in [0, 0.1) is 5.92 Å². The highest BCUT2D eigenvalue weighted by Gasteiger charge is 2.26. The zero-order valence-corrected chi connectivity index (χ0v) is 11.8. The molecule has 1 aromatic heterocycles. The van der Waals surface area contributed by atoms with Gasteiger partial charge in [0.2, 0.25) is 0 Å². The Labute approximate surface area is 120 Å². The normalized spacial score (nSPS) is 21.1. The summed E-state index contributed by atoms with van der Waals surface area (Å²) in [6.45, 7) is 3.97. The van der Waals surface area contributed by atoms with E-state index in [9.17, 15) is 0 Å². The molecule has 0 spiro atoms. The van der Waals surface area contributed by atoms with Gasteiger partial charge in [-0.15, -0.1) is 0 Å². The second kappa shape index (κ2) is 6.06. The quantitative estimate of drug-likeness (QED) is 0.925. The van der Waals surface area contributed by atoms with Gasteiger partial charge in [0.25, 0.3) is 0 Å². The molecule has 20 heavy (non-hydrogen) atoms. The molecule has 3 heteroatoms. The lowest BCUT2D eigenvalue weighted by molar-refractivity contribution is 0.189. The molecule has 0 saturated heterocycles. The van der Waals surface area contributed by atoms with Crippen LogP contribution in [0.2, 0.25) is 0 Å². The van der Waals surface area contributed by atoms with Crippen LogP contribution in [-0.4, -0.2) is 18.1 Å². The van der Waals surface area contributed by atoms with Crippen LogP contribution < -0.4 is 10.1 Å². The molecule has 0 saturated carbocycles. The number of nitrogens with one attached hydrogen (secondary N) is 1. The monoisotopic (exact) mass is 268 g/mol. The van der Waals surface area contributed by atoms with E-state index in [1.54, 1.807) is 0 Å². The molecule has 0 aliphatic carbocycles. The molecule has 1 aliphatic heterocycles. The van der Waals surface area contributed by atoms with Gasteiger partial charge in [0, 0.05) is 29.9 Å². The number of pyridine rings is 1. The van der Waals surface area contributed by atoms with Crippen LogP contribution in [0.5, 0.6) is 5.75 Å². The van der Waals surface area contributed by atoms with Crippen molar-refractivity contribution in [2.75, 3.05) is 13.2 Å². The molecule has 3 rings (SSSR count). The Hall–Kier alpha value is -1.87. The van der Waals surface area contributed by atoms with Crippen LogP contribution in [0.4, 0.5) is 0 Å². The lowest BCUT2D eigenvalue weighted by Gasteiger charge is -2.32. The summed E-state index contributed by atoms with van der Waals surface area (Å²) in [6, 6.07) is 12.8. The summed E-state index contributed by atoms with van der Waals surface area (Å²) >= 11 is 0. The molecule has 0 amide bonds. The van der Waals surface area contributed by atoms with Gasteiger partial charge in [0.05, 0.1) is 6.61 Å². The molecule has 2 aromatic rings. The lowest BCUT2D eigenvalue weighted by atomic mass is 9.92. The maximum absolute atomic E-state index is 5.78. The van der Waals surface area contributed by atoms with Gasteiger partial charge in [-0.3, -0.25) is 4.98 Å². The summed E-state index contributed by atoms with van der Waals surface area (Å²) in [4.78, 5) is 4.15. The average Bonchev–Trinajstić information content (AvgIpc) is 2.50. The smallest absolute Gasteiger partial charge is 0.124 e. The predicted molar refractivity (Wildman–Crippen MR) is 79.8 cm³/mol. The van der Waals surface area contributed by atoms with Crippen molar-refractivity contribution in [2.45, 2.75) is 19.4 Å². The Morgan fingerprint density at radius 1 is 1.25 bits per heavy atom. The van der Waals surface area contributed by atoms with Crippen molar-refractivity contribution in [3.63, 3.8) is 0 Å². The first-order valence-electron chi connectivity index (χ1n) is 7.18. The molecule has 104 valence electrons. The highest BCUT2D eigenvalue weighted by Crippen LogP contribution is 2.34. The first-order chi connectivity index (χ1) is 9.84. The van der Waals surface area contributed by atoms with Gasteiger partial charge in [-0.25, -0.2) is 0 Å². The summed E-state index contributed by atoms with van der Waals surface area (Å²) in [5.41, 5.74) is 2.55. The molecule has 1 aliphatic rings. The van der Waals surface area contributed by atoms with Gasteiger partial charge in [-0.1, -0.05) is 31.2 Å². The largest absolute Gasteiger partial charge is 0.493 e. The standard InChI is InChI=1S/C17H20N2O/c1-13-12-20-16-7-3-2-6-15(16)17(13)19-10-8-14-5-4-9-18-11-14/h2-7,9,11,13,17,19H,8,10,12H2,1H3. The van der Waals surface area contributed by atoms with E-state index in [1.807, 2.05) is 24.5 Å². The molecule has 0 bridgehead atoms. The lowest BCUT2D eigenvalue weighted by Crippen LogP contribution is -2.35. The number of nitrogens with zero attached hydrogens (tertiary/aromatic N) is 1. The zero-order chi connectivity index (χ0) is 13.8. The van der Waals surface area contributed by atoms with Crippen molar-refractivity contribution in [3.05, 3.63) is 59.9 Å². The van der Waals surface area contributed by atoms with Gasteiger partial charge >= 0.3 is 0 Å². The third-order valence-corrected chi connectivity index (χ3v) is 3.83. The number of benzene rings is 1. The first kappa shape index (κ1) is 13.1. The molecular formula is C17H20N2O. The summed E-state index contributed by atoms with van der Waals surface area (Å²) in [6.07, 6.45) is 4.75. The first-order valence-corrected chi connectivity index (χ1v) is 7.18. The molecule has 0 radical (unpaired) electrons. The Morgan fingerprint density at radius 2 is 2.15 bits per heavy atom. The SMILES string of the molecule is CC1COc2ccccc2C1NCCc1cccnc1. The van der Waals surface area contributed by atoms with Crippen molar-refractivity contribution >= 4 is 0 Å². The molecular weight excluding hydrogens is 248 g/mol. The number of rotatable bonds is 4. The van der Waals surface area contributed by atoms with Crippen molar-refractivity contribution in [3.8, 4) is 5.75 Å². The van der Waals surface area contributed by atoms with Crippen LogP contribution in [-0.2, 0) is 6.42 Å². The fourth-order valence-electron chi connectivity index (χ4n) is 2.72. The Kier molecular flexibility index (Phi) is 3.97. The van der Waals surface area contributed by atoms with E-state index in [-0.39, 0.29) is 0 Å². The fraction of sp³-hybridized carbons (Fsp3) is 0.353. The second-order valence-electron chi connectivity index (χ2n) is 5.37. The van der Waals surface area contributed by atoms with E-state index >= 15 is 0 Å². The second-order valence-corrected chi connectivity index (χ2v) is 5.37.